The van der Waals surface area contributed by atoms with E-state index in [4.69, 9.17) is 5.26 Å². The standard InChI is InChI=1S/C6H13NO3/c1-3-5(8)7-6(4-2)10-9/h6,9H,3-4H2,1-2H3,(H,7,8). The fourth-order valence-electron chi connectivity index (χ4n) is 0.485. The number of carbonyl (C=O) groups is 1. The van der Waals surface area contributed by atoms with Gasteiger partial charge in [0.25, 0.3) is 0 Å². The lowest BCUT2D eigenvalue weighted by Gasteiger charge is -2.11. The van der Waals surface area contributed by atoms with Crippen molar-refractivity contribution in [1.29, 1.82) is 0 Å². The molecule has 0 rings (SSSR count). The molecule has 4 heteroatoms. The van der Waals surface area contributed by atoms with Crippen molar-refractivity contribution in [2.75, 3.05) is 0 Å². The summed E-state index contributed by atoms with van der Waals surface area (Å²) < 4.78 is 0. The maximum Gasteiger partial charge on any atom is 0.221 e. The Kier molecular flexibility index (Phi) is 4.88. The number of hydrogen-bond donors (Lipinski definition) is 2. The molecule has 0 aliphatic rings. The molecular formula is C6H13NO3. The summed E-state index contributed by atoms with van der Waals surface area (Å²) in [7, 11) is 0. The summed E-state index contributed by atoms with van der Waals surface area (Å²) in [6.07, 6.45) is 0.398. The molecule has 0 aliphatic heterocycles. The van der Waals surface area contributed by atoms with Gasteiger partial charge in [-0.3, -0.25) is 4.79 Å². The SMILES string of the molecule is CCC(=O)NC(CC)OO. The monoisotopic (exact) mass is 147 g/mol. The molecule has 0 heterocycles. The minimum atomic E-state index is -0.563. The van der Waals surface area contributed by atoms with Crippen LogP contribution in [-0.4, -0.2) is 17.4 Å². The Morgan fingerprint density at radius 2 is 2.30 bits per heavy atom. The first-order valence-electron chi connectivity index (χ1n) is 3.34. The van der Waals surface area contributed by atoms with Crippen LogP contribution in [-0.2, 0) is 9.68 Å². The van der Waals surface area contributed by atoms with Crippen molar-refractivity contribution in [3.63, 3.8) is 0 Å². The first-order chi connectivity index (χ1) is 4.74. The van der Waals surface area contributed by atoms with E-state index in [2.05, 4.69) is 10.2 Å². The topological polar surface area (TPSA) is 58.6 Å². The van der Waals surface area contributed by atoms with Crippen LogP contribution in [0.4, 0.5) is 0 Å². The number of amides is 1. The van der Waals surface area contributed by atoms with Gasteiger partial charge in [0, 0.05) is 6.42 Å². The van der Waals surface area contributed by atoms with Gasteiger partial charge in [-0.25, -0.2) is 10.1 Å². The Morgan fingerprint density at radius 3 is 2.60 bits per heavy atom. The number of hydrogen-bond acceptors (Lipinski definition) is 3. The molecule has 10 heavy (non-hydrogen) atoms. The number of carbonyl (C=O) groups excluding carboxylic acids is 1. The van der Waals surface area contributed by atoms with Gasteiger partial charge in [0.15, 0.2) is 6.23 Å². The average Bonchev–Trinajstić information content (AvgIpc) is 1.99. The van der Waals surface area contributed by atoms with Crippen LogP contribution < -0.4 is 5.32 Å². The van der Waals surface area contributed by atoms with E-state index in [1.165, 1.54) is 0 Å². The Balaban J connectivity index is 3.52. The van der Waals surface area contributed by atoms with Crippen molar-refractivity contribution < 1.29 is 14.9 Å². The van der Waals surface area contributed by atoms with Crippen molar-refractivity contribution in [3.05, 3.63) is 0 Å². The minimum Gasteiger partial charge on any atom is -0.328 e. The zero-order chi connectivity index (χ0) is 7.98. The van der Waals surface area contributed by atoms with E-state index in [-0.39, 0.29) is 5.91 Å². The molecule has 0 bridgehead atoms. The fraction of sp³-hybridized carbons (Fsp3) is 0.833. The first kappa shape index (κ1) is 9.39. The van der Waals surface area contributed by atoms with Gasteiger partial charge >= 0.3 is 0 Å². The van der Waals surface area contributed by atoms with Crippen molar-refractivity contribution in [2.24, 2.45) is 0 Å². The molecule has 60 valence electrons. The molecule has 0 aromatic rings. The third-order valence-corrected chi connectivity index (χ3v) is 1.14. The lowest BCUT2D eigenvalue weighted by atomic mass is 10.4. The first-order valence-corrected chi connectivity index (χ1v) is 3.34. The maximum atomic E-state index is 10.6. The van der Waals surface area contributed by atoms with E-state index in [1.807, 2.05) is 0 Å². The molecule has 4 nitrogen and oxygen atoms in total. The van der Waals surface area contributed by atoms with Crippen LogP contribution >= 0.6 is 0 Å². The van der Waals surface area contributed by atoms with Crippen LogP contribution in [0.15, 0.2) is 0 Å². The number of nitrogens with one attached hydrogen (secondary N) is 1. The summed E-state index contributed by atoms with van der Waals surface area (Å²) in [5, 5.41) is 10.6. The van der Waals surface area contributed by atoms with E-state index in [0.29, 0.717) is 12.8 Å². The highest BCUT2D eigenvalue weighted by atomic mass is 17.1. The van der Waals surface area contributed by atoms with Crippen LogP contribution in [0.25, 0.3) is 0 Å². The van der Waals surface area contributed by atoms with Gasteiger partial charge in [-0.2, -0.15) is 0 Å². The second kappa shape index (κ2) is 5.20. The van der Waals surface area contributed by atoms with Gasteiger partial charge in [-0.05, 0) is 6.42 Å². The molecule has 0 aliphatic carbocycles. The number of rotatable bonds is 4. The predicted octanol–water partition coefficient (Wildman–Crippen LogP) is 0.738. The van der Waals surface area contributed by atoms with Crippen LogP contribution in [0, 0.1) is 0 Å². The Bertz CT molecular complexity index is 101. The fourth-order valence-corrected chi connectivity index (χ4v) is 0.485. The summed E-state index contributed by atoms with van der Waals surface area (Å²) >= 11 is 0. The largest absolute Gasteiger partial charge is 0.328 e. The predicted molar refractivity (Wildman–Crippen MR) is 36.2 cm³/mol. The highest BCUT2D eigenvalue weighted by Crippen LogP contribution is 1.90. The van der Waals surface area contributed by atoms with Gasteiger partial charge in [0.1, 0.15) is 0 Å². The molecule has 2 N–H and O–H groups in total. The molecule has 0 fully saturated rings. The Morgan fingerprint density at radius 1 is 1.70 bits per heavy atom. The van der Waals surface area contributed by atoms with E-state index in [9.17, 15) is 4.79 Å². The molecule has 0 aromatic carbocycles. The van der Waals surface area contributed by atoms with Gasteiger partial charge in [0.05, 0.1) is 0 Å². The van der Waals surface area contributed by atoms with Crippen molar-refractivity contribution >= 4 is 5.91 Å². The van der Waals surface area contributed by atoms with Crippen molar-refractivity contribution in [2.45, 2.75) is 32.9 Å². The van der Waals surface area contributed by atoms with Gasteiger partial charge in [-0.15, -0.1) is 0 Å². The molecule has 0 spiro atoms. The summed E-state index contributed by atoms with van der Waals surface area (Å²) in [6.45, 7) is 3.54. The van der Waals surface area contributed by atoms with E-state index in [1.54, 1.807) is 13.8 Å². The quantitative estimate of drug-likeness (QED) is 0.350. The molecule has 0 saturated carbocycles. The van der Waals surface area contributed by atoms with Gasteiger partial charge in [0.2, 0.25) is 5.91 Å². The maximum absolute atomic E-state index is 10.6. The molecule has 1 atom stereocenters. The van der Waals surface area contributed by atoms with Crippen LogP contribution in [0.1, 0.15) is 26.7 Å². The smallest absolute Gasteiger partial charge is 0.221 e. The third kappa shape index (κ3) is 3.42. The molecule has 1 unspecified atom stereocenters. The molecule has 0 saturated heterocycles. The Hall–Kier alpha value is -0.610. The summed E-state index contributed by atoms with van der Waals surface area (Å²) in [4.78, 5) is 14.6. The van der Waals surface area contributed by atoms with Crippen molar-refractivity contribution in [1.82, 2.24) is 5.32 Å². The van der Waals surface area contributed by atoms with E-state index in [0.717, 1.165) is 0 Å². The van der Waals surface area contributed by atoms with E-state index < -0.39 is 6.23 Å². The molecule has 0 radical (unpaired) electrons. The second-order valence-electron chi connectivity index (χ2n) is 1.92. The molecular weight excluding hydrogens is 134 g/mol. The van der Waals surface area contributed by atoms with Gasteiger partial charge in [-0.1, -0.05) is 13.8 Å². The van der Waals surface area contributed by atoms with E-state index >= 15 is 0 Å². The lowest BCUT2D eigenvalue weighted by Crippen LogP contribution is -2.35. The van der Waals surface area contributed by atoms with Crippen LogP contribution in [0.3, 0.4) is 0 Å². The minimum absolute atomic E-state index is 0.124. The molecule has 0 aromatic heterocycles. The normalized spacial score (nSPS) is 12.7. The highest BCUT2D eigenvalue weighted by molar-refractivity contribution is 5.75. The van der Waals surface area contributed by atoms with Crippen molar-refractivity contribution in [3.8, 4) is 0 Å². The molecule has 1 amide bonds. The highest BCUT2D eigenvalue weighted by Gasteiger charge is 2.07. The summed E-state index contributed by atoms with van der Waals surface area (Å²) in [5.74, 6) is -0.124. The second-order valence-corrected chi connectivity index (χ2v) is 1.92. The lowest BCUT2D eigenvalue weighted by molar-refractivity contribution is -0.284. The summed E-state index contributed by atoms with van der Waals surface area (Å²) in [5.41, 5.74) is 0. The van der Waals surface area contributed by atoms with Gasteiger partial charge < -0.3 is 5.32 Å². The summed E-state index contributed by atoms with van der Waals surface area (Å²) in [6, 6.07) is 0. The van der Waals surface area contributed by atoms with Crippen LogP contribution in [0.2, 0.25) is 0 Å². The Labute approximate surface area is 60.1 Å². The zero-order valence-corrected chi connectivity index (χ0v) is 6.26. The average molecular weight is 147 g/mol. The van der Waals surface area contributed by atoms with Crippen LogP contribution in [0.5, 0.6) is 0 Å². The third-order valence-electron chi connectivity index (χ3n) is 1.14. The zero-order valence-electron chi connectivity index (χ0n) is 6.26.